The van der Waals surface area contributed by atoms with Crippen LogP contribution in [0.3, 0.4) is 0 Å². The molecular weight excluding hydrogens is 470 g/mol. The predicted octanol–water partition coefficient (Wildman–Crippen LogP) is 2.76. The van der Waals surface area contributed by atoms with Crippen molar-refractivity contribution in [2.24, 2.45) is 5.73 Å². The van der Waals surface area contributed by atoms with Crippen molar-refractivity contribution in [3.8, 4) is 0 Å². The number of amides is 1. The normalized spacial score (nSPS) is 12.6. The molecule has 0 fully saturated rings. The Morgan fingerprint density at radius 1 is 1.33 bits per heavy atom. The van der Waals surface area contributed by atoms with Gasteiger partial charge < -0.3 is 24.8 Å². The van der Waals surface area contributed by atoms with Crippen LogP contribution in [0.4, 0.5) is 8.78 Å². The quantitative estimate of drug-likeness (QED) is 0.390. The summed E-state index contributed by atoms with van der Waals surface area (Å²) in [6, 6.07) is 2.33. The summed E-state index contributed by atoms with van der Waals surface area (Å²) in [5.74, 6) is -0.875. The zero-order valence-corrected chi connectivity index (χ0v) is 17.5. The third-order valence-electron chi connectivity index (χ3n) is 3.54. The lowest BCUT2D eigenvalue weighted by Gasteiger charge is -2.25. The number of hydrogen-bond donors (Lipinski definition) is 3. The molecule has 148 valence electrons. The van der Waals surface area contributed by atoms with Gasteiger partial charge in [-0.05, 0) is 41.9 Å². The Balaban J connectivity index is 2.79. The van der Waals surface area contributed by atoms with Crippen LogP contribution in [0.1, 0.15) is 29.1 Å². The number of fused-ring (bicyclic) bond motifs is 1. The molecule has 0 unspecified atom stereocenters. The molecule has 1 amide bonds. The average molecular weight is 486 g/mol. The summed E-state index contributed by atoms with van der Waals surface area (Å²) in [6.45, 7) is 2.28. The number of carbonyl (C=O) groups excluding carboxylic acids is 1. The van der Waals surface area contributed by atoms with Crippen molar-refractivity contribution in [3.63, 3.8) is 0 Å². The van der Waals surface area contributed by atoms with Gasteiger partial charge in [0.25, 0.3) is 0 Å². The molecule has 0 aliphatic heterocycles. The van der Waals surface area contributed by atoms with Gasteiger partial charge in [-0.25, -0.2) is 0 Å². The van der Waals surface area contributed by atoms with Crippen LogP contribution in [-0.2, 0) is 19.3 Å². The van der Waals surface area contributed by atoms with Crippen molar-refractivity contribution in [2.75, 3.05) is 13.2 Å². The molecule has 0 saturated heterocycles. The van der Waals surface area contributed by atoms with Crippen LogP contribution in [-0.4, -0.2) is 36.3 Å². The lowest BCUT2D eigenvalue weighted by molar-refractivity contribution is 0.0387. The second-order valence-corrected chi connectivity index (χ2v) is 9.19. The van der Waals surface area contributed by atoms with E-state index >= 15 is 8.78 Å². The highest BCUT2D eigenvalue weighted by Crippen LogP contribution is 2.69. The molecule has 1 aromatic carbocycles. The van der Waals surface area contributed by atoms with Crippen LogP contribution >= 0.6 is 34.9 Å². The highest BCUT2D eigenvalue weighted by molar-refractivity contribution is 9.10. The van der Waals surface area contributed by atoms with Gasteiger partial charge in [-0.3, -0.25) is 9.36 Å². The number of alkyl halides is 2. The van der Waals surface area contributed by atoms with Crippen LogP contribution in [0, 0.1) is 0 Å². The Morgan fingerprint density at radius 3 is 2.33 bits per heavy atom. The fourth-order valence-electron chi connectivity index (χ4n) is 2.39. The lowest BCUT2D eigenvalue weighted by Crippen LogP contribution is -2.31. The van der Waals surface area contributed by atoms with E-state index in [-0.39, 0.29) is 38.8 Å². The fraction of sp³-hybridized carbons (Fsp3) is 0.357. The van der Waals surface area contributed by atoms with E-state index in [9.17, 15) is 19.4 Å². The number of thiophene rings is 1. The van der Waals surface area contributed by atoms with Crippen LogP contribution in [0.15, 0.2) is 16.6 Å². The monoisotopic (exact) mass is 485 g/mol. The van der Waals surface area contributed by atoms with Gasteiger partial charge in [0.1, 0.15) is 4.88 Å². The fourth-order valence-corrected chi connectivity index (χ4v) is 6.47. The minimum absolute atomic E-state index is 0.0658. The summed E-state index contributed by atoms with van der Waals surface area (Å²) in [5.41, 5.74) is 0.913. The third kappa shape index (κ3) is 3.98. The van der Waals surface area contributed by atoms with E-state index in [2.05, 4.69) is 15.9 Å². The van der Waals surface area contributed by atoms with Gasteiger partial charge in [0.2, 0.25) is 5.91 Å². The van der Waals surface area contributed by atoms with Crippen molar-refractivity contribution in [1.29, 1.82) is 0 Å². The molecule has 1 aromatic heterocycles. The van der Waals surface area contributed by atoms with E-state index < -0.39 is 31.2 Å². The first-order valence-corrected chi connectivity index (χ1v) is 10.8. The molecule has 27 heavy (non-hydrogen) atoms. The van der Waals surface area contributed by atoms with Gasteiger partial charge >= 0.3 is 20.4 Å². The maximum Gasteiger partial charge on any atom is 0.489 e. The zero-order chi connectivity index (χ0) is 20.6. The van der Waals surface area contributed by atoms with Gasteiger partial charge in [0.05, 0.1) is 13.2 Å². The summed E-state index contributed by atoms with van der Waals surface area (Å²) in [5, 5.41) is 19.2. The highest BCUT2D eigenvalue weighted by Gasteiger charge is 2.57. The Kier molecular flexibility index (Phi) is 6.84. The highest BCUT2D eigenvalue weighted by atomic mass is 79.9. The van der Waals surface area contributed by atoms with Crippen LogP contribution in [0.25, 0.3) is 10.1 Å². The van der Waals surface area contributed by atoms with E-state index in [0.717, 1.165) is 6.07 Å². The van der Waals surface area contributed by atoms with Crippen LogP contribution in [0.5, 0.6) is 0 Å². The first-order chi connectivity index (χ1) is 12.5. The topological polar surface area (TPSA) is 119 Å². The van der Waals surface area contributed by atoms with E-state index in [1.54, 1.807) is 0 Å². The maximum absolute atomic E-state index is 15.1. The first-order valence-electron chi connectivity index (χ1n) is 7.69. The van der Waals surface area contributed by atoms with Crippen molar-refractivity contribution in [3.05, 3.63) is 27.0 Å². The Hall–Kier alpha value is -0.875. The molecule has 0 bridgehead atoms. The van der Waals surface area contributed by atoms with Crippen molar-refractivity contribution < 1.29 is 37.2 Å². The molecular formula is C14H16BBrF2NO6PS. The SMILES string of the molecule is CCOP(=O)(OCC)C(F)(F)c1sc2c(B(O)O)cc(C(N)=O)cc2c1Br. The van der Waals surface area contributed by atoms with Gasteiger partial charge in [0, 0.05) is 25.6 Å². The summed E-state index contributed by atoms with van der Waals surface area (Å²) in [4.78, 5) is 10.8. The molecule has 2 rings (SSSR count). The summed E-state index contributed by atoms with van der Waals surface area (Å²) in [7, 11) is -6.90. The van der Waals surface area contributed by atoms with Gasteiger partial charge in [-0.2, -0.15) is 8.78 Å². The molecule has 0 aliphatic carbocycles. The molecule has 0 spiro atoms. The first kappa shape index (κ1) is 22.4. The molecule has 0 saturated carbocycles. The van der Waals surface area contributed by atoms with Crippen molar-refractivity contribution in [2.45, 2.75) is 19.5 Å². The summed E-state index contributed by atoms with van der Waals surface area (Å²) >= 11 is 3.52. The van der Waals surface area contributed by atoms with Crippen LogP contribution in [0.2, 0.25) is 0 Å². The Labute approximate surface area is 166 Å². The molecule has 1 heterocycles. The van der Waals surface area contributed by atoms with Crippen molar-refractivity contribution in [1.82, 2.24) is 0 Å². The van der Waals surface area contributed by atoms with E-state index in [1.165, 1.54) is 19.9 Å². The second kappa shape index (κ2) is 8.24. The smallest absolute Gasteiger partial charge is 0.423 e. The van der Waals surface area contributed by atoms with Gasteiger partial charge in [-0.1, -0.05) is 0 Å². The molecule has 0 aliphatic rings. The number of primary amides is 1. The van der Waals surface area contributed by atoms with Gasteiger partial charge in [0.15, 0.2) is 0 Å². The minimum atomic E-state index is -4.87. The summed E-state index contributed by atoms with van der Waals surface area (Å²) in [6.07, 6.45) is 0. The second-order valence-electron chi connectivity index (χ2n) is 5.30. The maximum atomic E-state index is 15.1. The number of hydrogen-bond acceptors (Lipinski definition) is 7. The number of carbonyl (C=O) groups is 1. The summed E-state index contributed by atoms with van der Waals surface area (Å²) < 4.78 is 52.4. The predicted molar refractivity (Wildman–Crippen MR) is 103 cm³/mol. The number of halogens is 3. The molecule has 4 N–H and O–H groups in total. The third-order valence-corrected chi connectivity index (χ3v) is 8.21. The average Bonchev–Trinajstić information content (AvgIpc) is 2.91. The molecule has 0 radical (unpaired) electrons. The molecule has 7 nitrogen and oxygen atoms in total. The largest absolute Gasteiger partial charge is 0.489 e. The zero-order valence-electron chi connectivity index (χ0n) is 14.2. The molecule has 2 aromatic rings. The standard InChI is InChI=1S/C14H16BBrF2NO6PS/c1-3-24-26(23,25-4-2)14(17,18)12-10(16)8-5-7(13(19)20)6-9(15(21)22)11(8)27-12/h5-6,21-22H,3-4H2,1-2H3,(H2,19,20). The lowest BCUT2D eigenvalue weighted by atomic mass is 9.79. The van der Waals surface area contributed by atoms with E-state index in [0.29, 0.717) is 11.3 Å². The van der Waals surface area contributed by atoms with Gasteiger partial charge in [-0.15, -0.1) is 11.3 Å². The number of rotatable bonds is 8. The van der Waals surface area contributed by atoms with E-state index in [1.807, 2.05) is 0 Å². The van der Waals surface area contributed by atoms with E-state index in [4.69, 9.17) is 14.8 Å². The minimum Gasteiger partial charge on any atom is -0.423 e. The Bertz CT molecular complexity index is 915. The number of nitrogens with two attached hydrogens (primary N) is 1. The molecule has 0 atom stereocenters. The van der Waals surface area contributed by atoms with Crippen molar-refractivity contribution >= 4 is 63.4 Å². The Morgan fingerprint density at radius 2 is 1.89 bits per heavy atom. The van der Waals surface area contributed by atoms with Crippen LogP contribution < -0.4 is 11.2 Å². The molecule has 13 heteroatoms. The number of benzene rings is 1.